The first-order valence-corrected chi connectivity index (χ1v) is 4.95. The van der Waals surface area contributed by atoms with Crippen LogP contribution in [-0.4, -0.2) is 23.7 Å². The number of hydrogen-bond acceptors (Lipinski definition) is 4. The molecule has 0 bridgehead atoms. The summed E-state index contributed by atoms with van der Waals surface area (Å²) in [7, 11) is 0. The van der Waals surface area contributed by atoms with Gasteiger partial charge in [0.2, 0.25) is 5.91 Å². The quantitative estimate of drug-likeness (QED) is 0.573. The summed E-state index contributed by atoms with van der Waals surface area (Å²) in [5.74, 6) is 0.487. The average molecular weight is 217 g/mol. The van der Waals surface area contributed by atoms with E-state index >= 15 is 0 Å². The lowest BCUT2D eigenvalue weighted by atomic mass is 10.2. The smallest absolute Gasteiger partial charge is 0.227 e. The van der Waals surface area contributed by atoms with Crippen molar-refractivity contribution in [3.8, 4) is 0 Å². The van der Waals surface area contributed by atoms with E-state index in [1.807, 2.05) is 6.07 Å². The number of amides is 1. The molecule has 0 saturated carbocycles. The van der Waals surface area contributed by atoms with Crippen molar-refractivity contribution in [2.75, 3.05) is 17.2 Å². The average Bonchev–Trinajstić information content (AvgIpc) is 2.46. The minimum absolute atomic E-state index is 0.0464. The highest BCUT2D eigenvalue weighted by atomic mass is 16.1. The summed E-state index contributed by atoms with van der Waals surface area (Å²) in [5.41, 5.74) is 1.59. The molecule has 2 rings (SSSR count). The molecule has 0 radical (unpaired) electrons. The Balaban J connectivity index is 2.31. The van der Waals surface area contributed by atoms with Gasteiger partial charge in [0.15, 0.2) is 5.82 Å². The molecule has 0 fully saturated rings. The van der Waals surface area contributed by atoms with Gasteiger partial charge >= 0.3 is 0 Å². The maximum atomic E-state index is 11.3. The summed E-state index contributed by atoms with van der Waals surface area (Å²) in [6.45, 7) is 0.585. The Kier molecular flexibility index (Phi) is 2.95. The molecule has 2 heterocycles. The SMILES string of the molecule is O=C/C=C/c1cnc2c(c1)NCCC(=O)N2. The van der Waals surface area contributed by atoms with Crippen LogP contribution in [0.5, 0.6) is 0 Å². The van der Waals surface area contributed by atoms with Crippen molar-refractivity contribution < 1.29 is 9.59 Å². The zero-order chi connectivity index (χ0) is 11.4. The number of aromatic nitrogens is 1. The van der Waals surface area contributed by atoms with Gasteiger partial charge in [-0.15, -0.1) is 0 Å². The highest BCUT2D eigenvalue weighted by Crippen LogP contribution is 2.22. The van der Waals surface area contributed by atoms with E-state index < -0.39 is 0 Å². The number of nitrogens with one attached hydrogen (secondary N) is 2. The summed E-state index contributed by atoms with van der Waals surface area (Å²) >= 11 is 0. The Morgan fingerprint density at radius 3 is 3.12 bits per heavy atom. The highest BCUT2D eigenvalue weighted by molar-refractivity contribution is 5.94. The standard InChI is InChI=1S/C11H11N3O2/c15-5-1-2-8-6-9-11(13-7-8)14-10(16)3-4-12-9/h1-2,5-7,12H,3-4H2,(H,13,14,16)/b2-1+. The fraction of sp³-hybridized carbons (Fsp3) is 0.182. The minimum Gasteiger partial charge on any atom is -0.382 e. The van der Waals surface area contributed by atoms with E-state index in [0.717, 1.165) is 11.3 Å². The van der Waals surface area contributed by atoms with Gasteiger partial charge in [-0.05, 0) is 17.7 Å². The molecule has 1 aliphatic rings. The molecule has 0 unspecified atom stereocenters. The zero-order valence-corrected chi connectivity index (χ0v) is 8.56. The Morgan fingerprint density at radius 1 is 1.44 bits per heavy atom. The van der Waals surface area contributed by atoms with E-state index in [-0.39, 0.29) is 5.91 Å². The highest BCUT2D eigenvalue weighted by Gasteiger charge is 2.12. The maximum absolute atomic E-state index is 11.3. The lowest BCUT2D eigenvalue weighted by Crippen LogP contribution is -2.11. The lowest BCUT2D eigenvalue weighted by molar-refractivity contribution is -0.115. The number of aldehydes is 1. The van der Waals surface area contributed by atoms with Gasteiger partial charge in [0, 0.05) is 19.2 Å². The topological polar surface area (TPSA) is 71.1 Å². The molecular formula is C11H11N3O2. The maximum Gasteiger partial charge on any atom is 0.227 e. The van der Waals surface area contributed by atoms with Crippen LogP contribution in [0.15, 0.2) is 18.3 Å². The molecule has 1 aliphatic heterocycles. The van der Waals surface area contributed by atoms with Crippen molar-refractivity contribution >= 4 is 29.8 Å². The molecule has 0 aliphatic carbocycles. The molecule has 16 heavy (non-hydrogen) atoms. The number of allylic oxidation sites excluding steroid dienone is 1. The van der Waals surface area contributed by atoms with Crippen molar-refractivity contribution in [1.82, 2.24) is 4.98 Å². The van der Waals surface area contributed by atoms with E-state index in [9.17, 15) is 9.59 Å². The molecule has 5 nitrogen and oxygen atoms in total. The van der Waals surface area contributed by atoms with Crippen LogP contribution < -0.4 is 10.6 Å². The number of fused-ring (bicyclic) bond motifs is 1. The monoisotopic (exact) mass is 217 g/mol. The van der Waals surface area contributed by atoms with E-state index in [1.165, 1.54) is 6.08 Å². The molecule has 82 valence electrons. The molecule has 1 aromatic rings. The predicted octanol–water partition coefficient (Wildman–Crippen LogP) is 1.05. The van der Waals surface area contributed by atoms with Gasteiger partial charge in [0.05, 0.1) is 5.69 Å². The summed E-state index contributed by atoms with van der Waals surface area (Å²) in [6.07, 6.45) is 5.80. The Morgan fingerprint density at radius 2 is 2.31 bits per heavy atom. The van der Waals surface area contributed by atoms with Crippen molar-refractivity contribution in [3.05, 3.63) is 23.9 Å². The Hall–Kier alpha value is -2.17. The van der Waals surface area contributed by atoms with Crippen molar-refractivity contribution in [2.24, 2.45) is 0 Å². The molecule has 1 amide bonds. The molecule has 0 spiro atoms. The second-order valence-corrected chi connectivity index (χ2v) is 3.38. The summed E-state index contributed by atoms with van der Waals surface area (Å²) < 4.78 is 0. The number of nitrogens with zero attached hydrogens (tertiary/aromatic N) is 1. The third kappa shape index (κ3) is 2.25. The number of carbonyl (C=O) groups is 2. The zero-order valence-electron chi connectivity index (χ0n) is 8.56. The van der Waals surface area contributed by atoms with E-state index in [4.69, 9.17) is 0 Å². The van der Waals surface area contributed by atoms with E-state index in [2.05, 4.69) is 15.6 Å². The molecule has 1 aromatic heterocycles. The third-order valence-electron chi connectivity index (χ3n) is 2.20. The first-order chi connectivity index (χ1) is 7.79. The lowest BCUT2D eigenvalue weighted by Gasteiger charge is -2.06. The van der Waals surface area contributed by atoms with Gasteiger partial charge in [-0.2, -0.15) is 0 Å². The van der Waals surface area contributed by atoms with E-state index in [1.54, 1.807) is 12.3 Å². The van der Waals surface area contributed by atoms with Gasteiger partial charge in [0.1, 0.15) is 6.29 Å². The molecular weight excluding hydrogens is 206 g/mol. The fourth-order valence-electron chi connectivity index (χ4n) is 1.46. The molecule has 0 atom stereocenters. The van der Waals surface area contributed by atoms with E-state index in [0.29, 0.717) is 25.1 Å². The minimum atomic E-state index is -0.0464. The first kappa shape index (κ1) is 10.4. The van der Waals surface area contributed by atoms with Crippen LogP contribution in [0.3, 0.4) is 0 Å². The van der Waals surface area contributed by atoms with Crippen molar-refractivity contribution in [1.29, 1.82) is 0 Å². The number of anilines is 2. The van der Waals surface area contributed by atoms with Gasteiger partial charge in [-0.25, -0.2) is 4.98 Å². The van der Waals surface area contributed by atoms with Gasteiger partial charge in [-0.1, -0.05) is 6.08 Å². The fourth-order valence-corrected chi connectivity index (χ4v) is 1.46. The summed E-state index contributed by atoms with van der Waals surface area (Å²) in [5, 5.41) is 5.80. The largest absolute Gasteiger partial charge is 0.382 e. The molecule has 2 N–H and O–H groups in total. The first-order valence-electron chi connectivity index (χ1n) is 4.95. The van der Waals surface area contributed by atoms with Crippen LogP contribution in [0.2, 0.25) is 0 Å². The number of carbonyl (C=O) groups excluding carboxylic acids is 2. The molecule has 0 saturated heterocycles. The molecule has 5 heteroatoms. The van der Waals surface area contributed by atoms with Crippen LogP contribution in [0, 0.1) is 0 Å². The number of hydrogen-bond donors (Lipinski definition) is 2. The second kappa shape index (κ2) is 4.57. The summed E-state index contributed by atoms with van der Waals surface area (Å²) in [4.78, 5) is 25.6. The number of pyridine rings is 1. The second-order valence-electron chi connectivity index (χ2n) is 3.38. The van der Waals surface area contributed by atoms with Crippen molar-refractivity contribution in [3.63, 3.8) is 0 Å². The summed E-state index contributed by atoms with van der Waals surface area (Å²) in [6, 6.07) is 1.84. The number of rotatable bonds is 2. The van der Waals surface area contributed by atoms with Crippen LogP contribution in [0.4, 0.5) is 11.5 Å². The Labute approximate surface area is 92.6 Å². The normalized spacial score (nSPS) is 14.9. The third-order valence-corrected chi connectivity index (χ3v) is 2.20. The van der Waals surface area contributed by atoms with Gasteiger partial charge in [0.25, 0.3) is 0 Å². The van der Waals surface area contributed by atoms with Crippen LogP contribution >= 0.6 is 0 Å². The van der Waals surface area contributed by atoms with Crippen LogP contribution in [-0.2, 0) is 9.59 Å². The van der Waals surface area contributed by atoms with Crippen LogP contribution in [0.25, 0.3) is 6.08 Å². The van der Waals surface area contributed by atoms with Crippen molar-refractivity contribution in [2.45, 2.75) is 6.42 Å². The predicted molar refractivity (Wildman–Crippen MR) is 61.1 cm³/mol. The Bertz CT molecular complexity index is 455. The van der Waals surface area contributed by atoms with Gasteiger partial charge in [-0.3, -0.25) is 9.59 Å². The molecule has 0 aromatic carbocycles. The van der Waals surface area contributed by atoms with Crippen LogP contribution in [0.1, 0.15) is 12.0 Å². The van der Waals surface area contributed by atoms with Gasteiger partial charge < -0.3 is 10.6 Å².